The largest absolute Gasteiger partial charge is 0.508 e. The van der Waals surface area contributed by atoms with E-state index in [0.29, 0.717) is 16.9 Å². The molecule has 0 spiro atoms. The van der Waals surface area contributed by atoms with Gasteiger partial charge in [0, 0.05) is 13.1 Å². The number of aromatic hydroxyl groups is 2. The summed E-state index contributed by atoms with van der Waals surface area (Å²) < 4.78 is 0. The van der Waals surface area contributed by atoms with Crippen molar-refractivity contribution < 1.29 is 10.2 Å². The van der Waals surface area contributed by atoms with Crippen LogP contribution in [-0.2, 0) is 0 Å². The first-order valence-corrected chi connectivity index (χ1v) is 10.3. The standard InChI is InChI=1S/C21H25N3O2S/c1-4-15-11-24(12-21(15,3)5-2)20-23-22-19(27-20)17-9-13-6-7-16(25)8-14(13)10-18(17)26/h6-10,15,25-26H,4-5,11-12H2,1-3H3/t15-,21+/m1/s1. The fraction of sp³-hybridized carbons (Fsp3) is 0.429. The molecule has 0 radical (unpaired) electrons. The van der Waals surface area contributed by atoms with Crippen LogP contribution in [0.3, 0.4) is 0 Å². The molecular formula is C21H25N3O2S. The summed E-state index contributed by atoms with van der Waals surface area (Å²) in [6, 6.07) is 8.71. The highest BCUT2D eigenvalue weighted by molar-refractivity contribution is 7.18. The summed E-state index contributed by atoms with van der Waals surface area (Å²) in [6.07, 6.45) is 2.33. The monoisotopic (exact) mass is 383 g/mol. The second-order valence-electron chi connectivity index (χ2n) is 7.78. The van der Waals surface area contributed by atoms with Crippen LogP contribution in [0.25, 0.3) is 21.3 Å². The lowest BCUT2D eigenvalue weighted by atomic mass is 9.76. The van der Waals surface area contributed by atoms with Crippen LogP contribution in [0.5, 0.6) is 11.5 Å². The van der Waals surface area contributed by atoms with Crippen LogP contribution in [0.15, 0.2) is 30.3 Å². The van der Waals surface area contributed by atoms with Crippen molar-refractivity contribution in [3.05, 3.63) is 30.3 Å². The summed E-state index contributed by atoms with van der Waals surface area (Å²) in [7, 11) is 0. The van der Waals surface area contributed by atoms with E-state index < -0.39 is 0 Å². The van der Waals surface area contributed by atoms with Gasteiger partial charge in [-0.1, -0.05) is 44.6 Å². The number of fused-ring (bicyclic) bond motifs is 1. The molecular weight excluding hydrogens is 358 g/mol. The SMILES string of the molecule is CC[C@@H]1CN(c2nnc(-c3cc4ccc(O)cc4cc3O)s2)C[C@]1(C)CC. The number of phenols is 2. The number of phenolic OH excluding ortho intramolecular Hbond substituents is 2. The molecule has 2 heterocycles. The summed E-state index contributed by atoms with van der Waals surface area (Å²) in [6.45, 7) is 8.91. The van der Waals surface area contributed by atoms with E-state index in [-0.39, 0.29) is 11.5 Å². The van der Waals surface area contributed by atoms with Crippen molar-refractivity contribution in [3.8, 4) is 22.1 Å². The number of benzene rings is 2. The Balaban J connectivity index is 1.66. The van der Waals surface area contributed by atoms with Gasteiger partial charge >= 0.3 is 0 Å². The fourth-order valence-corrected chi connectivity index (χ4v) is 5.06. The molecule has 0 unspecified atom stereocenters. The van der Waals surface area contributed by atoms with Crippen molar-refractivity contribution in [1.82, 2.24) is 10.2 Å². The molecule has 6 heteroatoms. The predicted octanol–water partition coefficient (Wildman–Crippen LogP) is 5.03. The van der Waals surface area contributed by atoms with Crippen molar-refractivity contribution in [2.24, 2.45) is 11.3 Å². The zero-order valence-electron chi connectivity index (χ0n) is 15.9. The lowest BCUT2D eigenvalue weighted by molar-refractivity contribution is 0.240. The van der Waals surface area contributed by atoms with Crippen LogP contribution in [-0.4, -0.2) is 33.5 Å². The molecule has 1 aliphatic heterocycles. The first kappa shape index (κ1) is 18.0. The summed E-state index contributed by atoms with van der Waals surface area (Å²) in [5.74, 6) is 1.00. The Bertz CT molecular complexity index is 987. The second-order valence-corrected chi connectivity index (χ2v) is 8.74. The molecule has 4 rings (SSSR count). The van der Waals surface area contributed by atoms with E-state index >= 15 is 0 Å². The van der Waals surface area contributed by atoms with Crippen molar-refractivity contribution in [3.63, 3.8) is 0 Å². The van der Waals surface area contributed by atoms with E-state index in [9.17, 15) is 10.2 Å². The van der Waals surface area contributed by atoms with Crippen molar-refractivity contribution >= 4 is 27.2 Å². The third kappa shape index (κ3) is 3.12. The van der Waals surface area contributed by atoms with E-state index in [1.165, 1.54) is 17.8 Å². The Hall–Kier alpha value is -2.34. The topological polar surface area (TPSA) is 69.5 Å². The smallest absolute Gasteiger partial charge is 0.208 e. The molecule has 1 aliphatic rings. The first-order chi connectivity index (χ1) is 12.9. The summed E-state index contributed by atoms with van der Waals surface area (Å²) in [4.78, 5) is 2.34. The van der Waals surface area contributed by atoms with Gasteiger partial charge < -0.3 is 15.1 Å². The van der Waals surface area contributed by atoms with Gasteiger partial charge in [-0.2, -0.15) is 0 Å². The number of rotatable bonds is 4. The highest BCUT2D eigenvalue weighted by Crippen LogP contribution is 2.44. The van der Waals surface area contributed by atoms with E-state index in [0.717, 1.165) is 40.4 Å². The zero-order chi connectivity index (χ0) is 19.2. The van der Waals surface area contributed by atoms with Crippen molar-refractivity contribution in [2.75, 3.05) is 18.0 Å². The van der Waals surface area contributed by atoms with Crippen LogP contribution in [0.1, 0.15) is 33.6 Å². The average molecular weight is 384 g/mol. The first-order valence-electron chi connectivity index (χ1n) is 9.48. The Kier molecular flexibility index (Phi) is 4.46. The van der Waals surface area contributed by atoms with E-state index in [2.05, 4.69) is 35.9 Å². The lowest BCUT2D eigenvalue weighted by Crippen LogP contribution is -2.26. The van der Waals surface area contributed by atoms with Crippen LogP contribution < -0.4 is 4.90 Å². The average Bonchev–Trinajstić information content (AvgIpc) is 3.26. The Morgan fingerprint density at radius 3 is 2.67 bits per heavy atom. The highest BCUT2D eigenvalue weighted by Gasteiger charge is 2.41. The minimum Gasteiger partial charge on any atom is -0.508 e. The van der Waals surface area contributed by atoms with Gasteiger partial charge in [0.25, 0.3) is 0 Å². The molecule has 0 saturated carbocycles. The van der Waals surface area contributed by atoms with Gasteiger partial charge in [-0.15, -0.1) is 10.2 Å². The van der Waals surface area contributed by atoms with Crippen molar-refractivity contribution in [2.45, 2.75) is 33.6 Å². The lowest BCUT2D eigenvalue weighted by Gasteiger charge is -2.27. The van der Waals surface area contributed by atoms with Crippen LogP contribution >= 0.6 is 11.3 Å². The molecule has 1 saturated heterocycles. The Morgan fingerprint density at radius 2 is 1.96 bits per heavy atom. The number of aromatic nitrogens is 2. The molecule has 0 bridgehead atoms. The molecule has 0 amide bonds. The van der Waals surface area contributed by atoms with Crippen LogP contribution in [0.4, 0.5) is 5.13 Å². The quantitative estimate of drug-likeness (QED) is 0.661. The van der Waals surface area contributed by atoms with Crippen molar-refractivity contribution in [1.29, 1.82) is 0 Å². The van der Waals surface area contributed by atoms with Crippen LogP contribution in [0.2, 0.25) is 0 Å². The molecule has 142 valence electrons. The normalized spacial score (nSPS) is 22.6. The number of nitrogens with zero attached hydrogens (tertiary/aromatic N) is 3. The number of anilines is 1. The third-order valence-electron chi connectivity index (χ3n) is 6.13. The predicted molar refractivity (Wildman–Crippen MR) is 111 cm³/mol. The molecule has 1 fully saturated rings. The minimum absolute atomic E-state index is 0.155. The van der Waals surface area contributed by atoms with E-state index in [1.807, 2.05) is 12.1 Å². The Labute approximate surface area is 163 Å². The van der Waals surface area contributed by atoms with Gasteiger partial charge in [0.15, 0.2) is 5.01 Å². The van der Waals surface area contributed by atoms with Gasteiger partial charge in [0.1, 0.15) is 11.5 Å². The fourth-order valence-electron chi connectivity index (χ4n) is 4.18. The molecule has 1 aromatic heterocycles. The number of hydrogen-bond donors (Lipinski definition) is 2. The summed E-state index contributed by atoms with van der Waals surface area (Å²) >= 11 is 1.53. The van der Waals surface area contributed by atoms with Gasteiger partial charge in [0.05, 0.1) is 5.56 Å². The van der Waals surface area contributed by atoms with Gasteiger partial charge in [-0.3, -0.25) is 0 Å². The molecule has 2 N–H and O–H groups in total. The number of hydrogen-bond acceptors (Lipinski definition) is 6. The van der Waals surface area contributed by atoms with Gasteiger partial charge in [-0.25, -0.2) is 0 Å². The molecule has 3 aromatic rings. The summed E-state index contributed by atoms with van der Waals surface area (Å²) in [5, 5.41) is 32.3. The maximum absolute atomic E-state index is 10.5. The molecule has 27 heavy (non-hydrogen) atoms. The second kappa shape index (κ2) is 6.68. The summed E-state index contributed by atoms with van der Waals surface area (Å²) in [5.41, 5.74) is 0.995. The molecule has 5 nitrogen and oxygen atoms in total. The van der Waals surface area contributed by atoms with Gasteiger partial charge in [-0.05, 0) is 52.8 Å². The third-order valence-corrected chi connectivity index (χ3v) is 7.15. The minimum atomic E-state index is 0.155. The van der Waals surface area contributed by atoms with E-state index in [1.54, 1.807) is 18.2 Å². The maximum Gasteiger partial charge on any atom is 0.208 e. The zero-order valence-corrected chi connectivity index (χ0v) is 16.8. The molecule has 0 aliphatic carbocycles. The van der Waals surface area contributed by atoms with Crippen LogP contribution in [0, 0.1) is 11.3 Å². The Morgan fingerprint density at radius 1 is 1.15 bits per heavy atom. The maximum atomic E-state index is 10.5. The van der Waals surface area contributed by atoms with Gasteiger partial charge in [0.2, 0.25) is 5.13 Å². The van der Waals surface area contributed by atoms with E-state index in [4.69, 9.17) is 0 Å². The highest BCUT2D eigenvalue weighted by atomic mass is 32.1. The molecule has 2 atom stereocenters. The molecule has 2 aromatic carbocycles.